The molecule has 1 aromatic carbocycles. The van der Waals surface area contributed by atoms with Crippen LogP contribution in [0.3, 0.4) is 0 Å². The Hall–Kier alpha value is -1.15. The van der Waals surface area contributed by atoms with Crippen LogP contribution in [0.15, 0.2) is 23.1 Å². The van der Waals surface area contributed by atoms with E-state index in [4.69, 9.17) is 16.3 Å². The summed E-state index contributed by atoms with van der Waals surface area (Å²) in [6.07, 6.45) is -0.794. The van der Waals surface area contributed by atoms with Crippen molar-refractivity contribution in [3.63, 3.8) is 0 Å². The molecule has 1 heterocycles. The van der Waals surface area contributed by atoms with Crippen molar-refractivity contribution in [2.24, 2.45) is 0 Å². The second kappa shape index (κ2) is 6.31. The molecule has 1 atom stereocenters. The molecule has 116 valence electrons. The number of likely N-dealkylation sites (N-methyl/N-ethyl adjacent to an activating group) is 1. The molecule has 0 aliphatic carbocycles. The third-order valence-corrected chi connectivity index (χ3v) is 5.82. The number of nitrogens with one attached hydrogen (secondary N) is 1. The highest BCUT2D eigenvalue weighted by Crippen LogP contribution is 2.26. The van der Waals surface area contributed by atoms with Crippen molar-refractivity contribution in [1.82, 2.24) is 9.62 Å². The highest BCUT2D eigenvalue weighted by Gasteiger charge is 2.34. The number of hydrogen-bond donors (Lipinski definition) is 1. The van der Waals surface area contributed by atoms with E-state index in [1.165, 1.54) is 17.4 Å². The third kappa shape index (κ3) is 3.21. The molecule has 1 aliphatic rings. The van der Waals surface area contributed by atoms with Crippen molar-refractivity contribution in [3.8, 4) is 0 Å². The Labute approximate surface area is 129 Å². The smallest absolute Gasteiger partial charge is 0.250 e. The van der Waals surface area contributed by atoms with E-state index in [-0.39, 0.29) is 30.5 Å². The zero-order valence-corrected chi connectivity index (χ0v) is 13.4. The topological polar surface area (TPSA) is 75.7 Å². The molecule has 0 spiro atoms. The number of ether oxygens (including phenoxy) is 1. The number of carbonyl (C=O) groups is 1. The van der Waals surface area contributed by atoms with Crippen LogP contribution >= 0.6 is 11.6 Å². The molecule has 2 rings (SSSR count). The minimum Gasteiger partial charge on any atom is -0.366 e. The lowest BCUT2D eigenvalue weighted by atomic mass is 10.2. The fraction of sp³-hybridized carbons (Fsp3) is 0.462. The summed E-state index contributed by atoms with van der Waals surface area (Å²) in [6.45, 7) is 2.04. The largest absolute Gasteiger partial charge is 0.366 e. The van der Waals surface area contributed by atoms with Gasteiger partial charge in [0.15, 0.2) is 0 Å². The minimum absolute atomic E-state index is 0.00599. The first-order valence-electron chi connectivity index (χ1n) is 6.46. The van der Waals surface area contributed by atoms with Gasteiger partial charge in [-0.05, 0) is 24.6 Å². The summed E-state index contributed by atoms with van der Waals surface area (Å²) in [5, 5.41) is 2.86. The number of carbonyl (C=O) groups excluding carboxylic acids is 1. The first kappa shape index (κ1) is 16.2. The molecule has 1 saturated heterocycles. The molecule has 0 saturated carbocycles. The van der Waals surface area contributed by atoms with Crippen LogP contribution in [0.4, 0.5) is 0 Å². The number of morpholine rings is 1. The Morgan fingerprint density at radius 1 is 1.48 bits per heavy atom. The van der Waals surface area contributed by atoms with Crippen LogP contribution in [0.1, 0.15) is 5.56 Å². The van der Waals surface area contributed by atoms with Gasteiger partial charge in [-0.1, -0.05) is 17.7 Å². The second-order valence-corrected chi connectivity index (χ2v) is 7.01. The Bertz CT molecular complexity index is 648. The highest BCUT2D eigenvalue weighted by atomic mass is 35.5. The van der Waals surface area contributed by atoms with Crippen molar-refractivity contribution in [3.05, 3.63) is 28.8 Å². The molecule has 1 amide bonds. The molecular weight excluding hydrogens is 316 g/mol. The number of sulfonamides is 1. The van der Waals surface area contributed by atoms with Crippen LogP contribution in [-0.4, -0.2) is 51.5 Å². The summed E-state index contributed by atoms with van der Waals surface area (Å²) in [6, 6.07) is 4.75. The molecule has 1 fully saturated rings. The van der Waals surface area contributed by atoms with Gasteiger partial charge >= 0.3 is 0 Å². The van der Waals surface area contributed by atoms with Crippen molar-refractivity contribution in [2.75, 3.05) is 26.7 Å². The molecule has 1 N–H and O–H groups in total. The molecule has 0 bridgehead atoms. The molecule has 21 heavy (non-hydrogen) atoms. The standard InChI is InChI=1S/C13H17ClN2O4S/c1-9-10(14)4-3-5-12(9)21(18,19)16-6-7-20-11(8-16)13(17)15-2/h3-5,11H,6-8H2,1-2H3,(H,15,17). The van der Waals surface area contributed by atoms with Crippen LogP contribution in [-0.2, 0) is 19.6 Å². The van der Waals surface area contributed by atoms with Crippen LogP contribution in [0.5, 0.6) is 0 Å². The lowest BCUT2D eigenvalue weighted by molar-refractivity contribution is -0.135. The molecule has 1 aliphatic heterocycles. The summed E-state index contributed by atoms with van der Waals surface area (Å²) >= 11 is 5.99. The molecule has 0 aromatic heterocycles. The fourth-order valence-electron chi connectivity index (χ4n) is 2.17. The average molecular weight is 333 g/mol. The van der Waals surface area contributed by atoms with E-state index < -0.39 is 16.1 Å². The Morgan fingerprint density at radius 2 is 2.19 bits per heavy atom. The predicted molar refractivity (Wildman–Crippen MR) is 78.8 cm³/mol. The van der Waals surface area contributed by atoms with Crippen molar-refractivity contribution < 1.29 is 17.9 Å². The Morgan fingerprint density at radius 3 is 2.86 bits per heavy atom. The van der Waals surface area contributed by atoms with E-state index >= 15 is 0 Å². The van der Waals surface area contributed by atoms with Crippen LogP contribution in [0.2, 0.25) is 5.02 Å². The van der Waals surface area contributed by atoms with Crippen LogP contribution in [0.25, 0.3) is 0 Å². The van der Waals surface area contributed by atoms with E-state index in [9.17, 15) is 13.2 Å². The molecular formula is C13H17ClN2O4S. The maximum absolute atomic E-state index is 12.7. The minimum atomic E-state index is -3.70. The normalized spacial score (nSPS) is 20.2. The Kier molecular flexibility index (Phi) is 4.88. The summed E-state index contributed by atoms with van der Waals surface area (Å²) in [5.41, 5.74) is 0.502. The van der Waals surface area contributed by atoms with E-state index in [0.717, 1.165) is 0 Å². The predicted octanol–water partition coefficient (Wildman–Crippen LogP) is 0.784. The summed E-state index contributed by atoms with van der Waals surface area (Å²) < 4.78 is 32.0. The van der Waals surface area contributed by atoms with Gasteiger partial charge in [-0.25, -0.2) is 8.42 Å². The van der Waals surface area contributed by atoms with Gasteiger partial charge in [-0.3, -0.25) is 4.79 Å². The number of halogens is 1. The van der Waals surface area contributed by atoms with Crippen molar-refractivity contribution in [1.29, 1.82) is 0 Å². The maximum atomic E-state index is 12.7. The van der Waals surface area contributed by atoms with E-state index in [1.54, 1.807) is 19.1 Å². The summed E-state index contributed by atoms with van der Waals surface area (Å²) in [7, 11) is -2.21. The van der Waals surface area contributed by atoms with Gasteiger partial charge in [0.05, 0.1) is 11.5 Å². The summed E-state index contributed by atoms with van der Waals surface area (Å²) in [5.74, 6) is -0.335. The van der Waals surface area contributed by atoms with Gasteiger partial charge < -0.3 is 10.1 Å². The number of nitrogens with zero attached hydrogens (tertiary/aromatic N) is 1. The number of rotatable bonds is 3. The zero-order valence-electron chi connectivity index (χ0n) is 11.8. The van der Waals surface area contributed by atoms with Gasteiger partial charge in [-0.2, -0.15) is 4.31 Å². The van der Waals surface area contributed by atoms with Crippen molar-refractivity contribution >= 4 is 27.5 Å². The second-order valence-electron chi connectivity index (χ2n) is 4.70. The summed E-state index contributed by atoms with van der Waals surface area (Å²) in [4.78, 5) is 11.8. The molecule has 8 heteroatoms. The number of hydrogen-bond acceptors (Lipinski definition) is 4. The zero-order chi connectivity index (χ0) is 15.6. The van der Waals surface area contributed by atoms with Crippen molar-refractivity contribution in [2.45, 2.75) is 17.9 Å². The molecule has 1 unspecified atom stereocenters. The lowest BCUT2D eigenvalue weighted by Crippen LogP contribution is -2.51. The monoisotopic (exact) mass is 332 g/mol. The maximum Gasteiger partial charge on any atom is 0.250 e. The van der Waals surface area contributed by atoms with E-state index in [2.05, 4.69) is 5.32 Å². The van der Waals surface area contributed by atoms with Gasteiger partial charge in [-0.15, -0.1) is 0 Å². The van der Waals surface area contributed by atoms with E-state index in [1.807, 2.05) is 0 Å². The first-order chi connectivity index (χ1) is 9.87. The number of benzene rings is 1. The van der Waals surface area contributed by atoms with Crippen LogP contribution < -0.4 is 5.32 Å². The van der Waals surface area contributed by atoms with Gasteiger partial charge in [0, 0.05) is 25.2 Å². The fourth-order valence-corrected chi connectivity index (χ4v) is 4.07. The lowest BCUT2D eigenvalue weighted by Gasteiger charge is -2.31. The quantitative estimate of drug-likeness (QED) is 0.887. The number of amides is 1. The SMILES string of the molecule is CNC(=O)C1CN(S(=O)(=O)c2cccc(Cl)c2C)CCO1. The highest BCUT2D eigenvalue weighted by molar-refractivity contribution is 7.89. The van der Waals surface area contributed by atoms with Crippen LogP contribution in [0, 0.1) is 6.92 Å². The van der Waals surface area contributed by atoms with Gasteiger partial charge in [0.2, 0.25) is 15.9 Å². The average Bonchev–Trinajstić information content (AvgIpc) is 2.49. The first-order valence-corrected chi connectivity index (χ1v) is 8.28. The molecule has 6 nitrogen and oxygen atoms in total. The van der Waals surface area contributed by atoms with Gasteiger partial charge in [0.25, 0.3) is 0 Å². The third-order valence-electron chi connectivity index (χ3n) is 3.40. The molecule has 0 radical (unpaired) electrons. The molecule has 1 aromatic rings. The van der Waals surface area contributed by atoms with Gasteiger partial charge in [0.1, 0.15) is 6.10 Å². The Balaban J connectivity index is 2.31. The van der Waals surface area contributed by atoms with E-state index in [0.29, 0.717) is 10.6 Å².